The van der Waals surface area contributed by atoms with Gasteiger partial charge in [-0.25, -0.2) is 0 Å². The molecule has 0 amide bonds. The smallest absolute Gasteiger partial charge is 0.0574 e. The van der Waals surface area contributed by atoms with Crippen LogP contribution in [0.15, 0.2) is 18.3 Å². The van der Waals surface area contributed by atoms with Gasteiger partial charge >= 0.3 is 0 Å². The molecular formula is C17H29N3. The Bertz CT molecular complexity index is 378. The van der Waals surface area contributed by atoms with E-state index in [-0.39, 0.29) is 0 Å². The standard InChI is InChI=1S/C17H29N3/c1-4-16(18-3)17-12-11-15(13-19-17)20(5-2)14-9-7-6-8-10-14/h11-14,16,18H,4-10H2,1-3H3. The third kappa shape index (κ3) is 3.51. The number of hydrogen-bond acceptors (Lipinski definition) is 3. The van der Waals surface area contributed by atoms with Crippen molar-refractivity contribution in [3.63, 3.8) is 0 Å². The molecule has 3 heteroatoms. The maximum absolute atomic E-state index is 4.68. The highest BCUT2D eigenvalue weighted by atomic mass is 15.2. The van der Waals surface area contributed by atoms with Gasteiger partial charge in [-0.05, 0) is 45.4 Å². The van der Waals surface area contributed by atoms with Crippen LogP contribution in [0.2, 0.25) is 0 Å². The lowest BCUT2D eigenvalue weighted by Gasteiger charge is -2.35. The first-order chi connectivity index (χ1) is 9.80. The Morgan fingerprint density at radius 1 is 1.25 bits per heavy atom. The Morgan fingerprint density at radius 2 is 2.00 bits per heavy atom. The van der Waals surface area contributed by atoms with Crippen molar-refractivity contribution in [2.24, 2.45) is 0 Å². The number of pyridine rings is 1. The van der Waals surface area contributed by atoms with Gasteiger partial charge in [-0.15, -0.1) is 0 Å². The third-order valence-electron chi connectivity index (χ3n) is 4.57. The highest BCUT2D eigenvalue weighted by Gasteiger charge is 2.20. The Morgan fingerprint density at radius 3 is 2.50 bits per heavy atom. The van der Waals surface area contributed by atoms with Crippen molar-refractivity contribution in [2.45, 2.75) is 64.5 Å². The Balaban J connectivity index is 2.10. The summed E-state index contributed by atoms with van der Waals surface area (Å²) in [6.45, 7) is 5.52. The number of hydrogen-bond donors (Lipinski definition) is 1. The van der Waals surface area contributed by atoms with Crippen molar-refractivity contribution >= 4 is 5.69 Å². The number of aromatic nitrogens is 1. The molecule has 0 radical (unpaired) electrons. The summed E-state index contributed by atoms with van der Waals surface area (Å²) >= 11 is 0. The zero-order valence-electron chi connectivity index (χ0n) is 13.2. The molecule has 1 N–H and O–H groups in total. The molecular weight excluding hydrogens is 246 g/mol. The molecule has 1 aliphatic rings. The number of anilines is 1. The molecule has 3 nitrogen and oxygen atoms in total. The van der Waals surface area contributed by atoms with E-state index in [2.05, 4.69) is 47.4 Å². The second-order valence-electron chi connectivity index (χ2n) is 5.77. The molecule has 112 valence electrons. The van der Waals surface area contributed by atoms with E-state index in [1.54, 1.807) is 0 Å². The lowest BCUT2D eigenvalue weighted by molar-refractivity contribution is 0.418. The van der Waals surface area contributed by atoms with Gasteiger partial charge in [0.15, 0.2) is 0 Å². The summed E-state index contributed by atoms with van der Waals surface area (Å²) < 4.78 is 0. The first kappa shape index (κ1) is 15.3. The molecule has 0 saturated heterocycles. The second kappa shape index (κ2) is 7.63. The van der Waals surface area contributed by atoms with Crippen LogP contribution in [0.3, 0.4) is 0 Å². The topological polar surface area (TPSA) is 28.2 Å². The highest BCUT2D eigenvalue weighted by molar-refractivity contribution is 5.46. The molecule has 1 aromatic heterocycles. The number of rotatable bonds is 6. The molecule has 1 atom stereocenters. The van der Waals surface area contributed by atoms with Crippen molar-refractivity contribution in [2.75, 3.05) is 18.5 Å². The lowest BCUT2D eigenvalue weighted by Crippen LogP contribution is -2.36. The van der Waals surface area contributed by atoms with Crippen LogP contribution in [0.25, 0.3) is 0 Å². The van der Waals surface area contributed by atoms with Gasteiger partial charge in [-0.1, -0.05) is 26.2 Å². The summed E-state index contributed by atoms with van der Waals surface area (Å²) in [4.78, 5) is 7.22. The summed E-state index contributed by atoms with van der Waals surface area (Å²) in [7, 11) is 2.00. The Hall–Kier alpha value is -1.09. The van der Waals surface area contributed by atoms with Crippen LogP contribution >= 0.6 is 0 Å². The van der Waals surface area contributed by atoms with Gasteiger partial charge in [-0.3, -0.25) is 4.98 Å². The maximum Gasteiger partial charge on any atom is 0.0574 e. The van der Waals surface area contributed by atoms with E-state index < -0.39 is 0 Å². The monoisotopic (exact) mass is 275 g/mol. The molecule has 1 unspecified atom stereocenters. The minimum absolute atomic E-state index is 0.369. The van der Waals surface area contributed by atoms with Crippen LogP contribution in [0, 0.1) is 0 Å². The van der Waals surface area contributed by atoms with E-state index in [9.17, 15) is 0 Å². The zero-order chi connectivity index (χ0) is 14.4. The van der Waals surface area contributed by atoms with Crippen molar-refractivity contribution in [3.8, 4) is 0 Å². The Kier molecular flexibility index (Phi) is 5.84. The molecule has 1 fully saturated rings. The Labute approximate surface area is 123 Å². The predicted molar refractivity (Wildman–Crippen MR) is 86.2 cm³/mol. The molecule has 0 bridgehead atoms. The fourth-order valence-corrected chi connectivity index (χ4v) is 3.38. The first-order valence-electron chi connectivity index (χ1n) is 8.20. The van der Waals surface area contributed by atoms with Gasteiger partial charge in [0.1, 0.15) is 0 Å². The minimum atomic E-state index is 0.369. The molecule has 1 saturated carbocycles. The van der Waals surface area contributed by atoms with E-state index in [1.165, 1.54) is 37.8 Å². The van der Waals surface area contributed by atoms with Crippen LogP contribution < -0.4 is 10.2 Å². The average molecular weight is 275 g/mol. The van der Waals surface area contributed by atoms with E-state index in [0.29, 0.717) is 12.1 Å². The summed E-state index contributed by atoms with van der Waals surface area (Å²) in [5.41, 5.74) is 2.44. The first-order valence-corrected chi connectivity index (χ1v) is 8.20. The quantitative estimate of drug-likeness (QED) is 0.853. The van der Waals surface area contributed by atoms with Crippen LogP contribution in [0.4, 0.5) is 5.69 Å². The van der Waals surface area contributed by atoms with Crippen molar-refractivity contribution in [1.82, 2.24) is 10.3 Å². The summed E-state index contributed by atoms with van der Waals surface area (Å²) in [6, 6.07) is 5.52. The largest absolute Gasteiger partial charge is 0.368 e. The summed E-state index contributed by atoms with van der Waals surface area (Å²) in [5, 5.41) is 3.32. The van der Waals surface area contributed by atoms with E-state index in [4.69, 9.17) is 0 Å². The normalized spacial score (nSPS) is 17.9. The molecule has 2 rings (SSSR count). The average Bonchev–Trinajstić information content (AvgIpc) is 2.52. The van der Waals surface area contributed by atoms with Crippen LogP contribution in [-0.4, -0.2) is 24.6 Å². The van der Waals surface area contributed by atoms with Gasteiger partial charge < -0.3 is 10.2 Å². The van der Waals surface area contributed by atoms with Gasteiger partial charge in [0.2, 0.25) is 0 Å². The van der Waals surface area contributed by atoms with Gasteiger partial charge in [0, 0.05) is 18.6 Å². The van der Waals surface area contributed by atoms with Crippen LogP contribution in [0.1, 0.15) is 64.1 Å². The SMILES string of the molecule is CCC(NC)c1ccc(N(CC)C2CCCCC2)cn1. The molecule has 1 aromatic rings. The van der Waals surface area contributed by atoms with E-state index >= 15 is 0 Å². The van der Waals surface area contributed by atoms with Crippen molar-refractivity contribution < 1.29 is 0 Å². The minimum Gasteiger partial charge on any atom is -0.368 e. The molecule has 0 aliphatic heterocycles. The second-order valence-corrected chi connectivity index (χ2v) is 5.77. The third-order valence-corrected chi connectivity index (χ3v) is 4.57. The maximum atomic E-state index is 4.68. The molecule has 0 spiro atoms. The fourth-order valence-electron chi connectivity index (χ4n) is 3.38. The van der Waals surface area contributed by atoms with Gasteiger partial charge in [-0.2, -0.15) is 0 Å². The lowest BCUT2D eigenvalue weighted by atomic mass is 9.94. The van der Waals surface area contributed by atoms with Gasteiger partial charge in [0.05, 0.1) is 17.6 Å². The zero-order valence-corrected chi connectivity index (χ0v) is 13.2. The predicted octanol–water partition coefficient (Wildman–Crippen LogP) is 3.91. The highest BCUT2D eigenvalue weighted by Crippen LogP contribution is 2.27. The fraction of sp³-hybridized carbons (Fsp3) is 0.706. The van der Waals surface area contributed by atoms with E-state index in [0.717, 1.165) is 18.7 Å². The summed E-state index contributed by atoms with van der Waals surface area (Å²) in [6.07, 6.45) is 9.98. The summed E-state index contributed by atoms with van der Waals surface area (Å²) in [5.74, 6) is 0. The molecule has 1 aliphatic carbocycles. The van der Waals surface area contributed by atoms with Gasteiger partial charge in [0.25, 0.3) is 0 Å². The number of nitrogens with zero attached hydrogens (tertiary/aromatic N) is 2. The van der Waals surface area contributed by atoms with Crippen LogP contribution in [-0.2, 0) is 0 Å². The number of nitrogens with one attached hydrogen (secondary N) is 1. The molecule has 1 heterocycles. The van der Waals surface area contributed by atoms with Crippen LogP contribution in [0.5, 0.6) is 0 Å². The van der Waals surface area contributed by atoms with Crippen molar-refractivity contribution in [1.29, 1.82) is 0 Å². The molecule has 0 aromatic carbocycles. The van der Waals surface area contributed by atoms with Crippen molar-refractivity contribution in [3.05, 3.63) is 24.0 Å². The molecule has 20 heavy (non-hydrogen) atoms. The van der Waals surface area contributed by atoms with E-state index in [1.807, 2.05) is 7.05 Å².